The molecule has 1 aromatic heterocycles. The molecule has 780 valence electrons. The molecule has 0 saturated heterocycles. The fraction of sp³-hybridized carbons (Fsp3) is 0.564. The number of ether oxygens (including phenoxy) is 10. The Morgan fingerprint density at radius 2 is 1.08 bits per heavy atom. The average Bonchev–Trinajstić information content (AvgIpc) is 0.871. The van der Waals surface area contributed by atoms with Gasteiger partial charge in [0.1, 0.15) is 50.0 Å². The maximum atomic E-state index is 14.8. The fourth-order valence-electron chi connectivity index (χ4n) is 19.9. The van der Waals surface area contributed by atoms with Crippen LogP contribution in [-0.2, 0) is 149 Å². The molecule has 0 radical (unpaired) electrons. The third-order valence-corrected chi connectivity index (χ3v) is 28.0. The van der Waals surface area contributed by atoms with Crippen LogP contribution in [0.4, 0.5) is 26.7 Å². The van der Waals surface area contributed by atoms with E-state index in [9.17, 15) is 71.1 Å². The van der Waals surface area contributed by atoms with Crippen molar-refractivity contribution in [2.45, 2.75) is 187 Å². The van der Waals surface area contributed by atoms with Gasteiger partial charge < -0.3 is 111 Å². The van der Waals surface area contributed by atoms with E-state index in [1.165, 1.54) is 5.56 Å². The molecule has 6 aromatic rings. The third-order valence-electron chi connectivity index (χ3n) is 27.2. The Morgan fingerprint density at radius 3 is 1.69 bits per heavy atom. The van der Waals surface area contributed by atoms with Crippen molar-refractivity contribution in [2.24, 2.45) is 34.3 Å². The Bertz CT molecular complexity index is 5460. The van der Waals surface area contributed by atoms with E-state index in [1.54, 1.807) is 53.8 Å². The number of primary amides is 1. The SMILES string of the molecule is CC(C)[C@H](NC(=O)CCOCCOCCOCCOCCNC(=O)CCC(=O)N1Cc2ccccc2-c2c(nnn2CCOCCOCCOCCOCCC(=O)NCCS(=O)(=O)O)-c2ccccc21)C(=O)N[C@@H](CCCNC(N)=O)C(=O)Nc1ccc(COC(=O)NCC(=O)NCOCC(=O)Nc2ccc3c(c2)[C@@]2(C)CCC[C@](C)(C(=O)NC(=O)[C@@]4(C)CCC[C@]5(C)c6cc(O)ccc6CC[C@@H]45)[C@@H]2CC3)cc1. The van der Waals surface area contributed by atoms with E-state index in [2.05, 4.69) is 77.3 Å². The summed E-state index contributed by atoms with van der Waals surface area (Å²) in [5, 5.41) is 46.3. The van der Waals surface area contributed by atoms with Crippen molar-refractivity contribution < 1.29 is 123 Å². The van der Waals surface area contributed by atoms with Crippen LogP contribution in [-0.4, -0.2) is 267 Å². The van der Waals surface area contributed by atoms with Crippen molar-refractivity contribution in [2.75, 3.05) is 167 Å². The summed E-state index contributed by atoms with van der Waals surface area (Å²) < 4.78 is 87.8. The summed E-state index contributed by atoms with van der Waals surface area (Å²) >= 11 is 0. The van der Waals surface area contributed by atoms with Crippen LogP contribution in [0.25, 0.3) is 22.5 Å². The lowest BCUT2D eigenvalue weighted by atomic mass is 9.49. The molecule has 11 rings (SSSR count). The van der Waals surface area contributed by atoms with E-state index in [4.69, 9.17) is 57.7 Å². The number of urea groups is 1. The number of nitrogens with two attached hydrogens (primary N) is 1. The standard InChI is InChI=1S/C101H139N15O26S/c1-67(2)89(111-85(120)34-44-134-48-52-138-55-57-139-53-49-135-45-40-103-83(118)31-32-88(123)115-63-71-14-7-8-15-75(71)91-90(76-16-9-10-18-80(76)115)113-114-116(91)42-46-136-50-54-140-58-56-137-51-47-133-43-33-84(119)104-41-59-143(130,131)132)93(125)110-79(17-11-39-105-96(102)128)92(124)109-72-25-19-68(20-26-72)64-142-97(129)106-62-86(121)107-66-141-65-87(122)108-73-27-21-69-23-29-81-98(3,77(69)60-73)35-12-37-100(81,5)94(126)112-95(127)101(6)38-13-36-99(4)78-61-74(117)28-22-70(78)24-30-82(99)101/h7-10,14-16,18-22,25-28,60-61,67,79,81-82,89,117H,11-13,17,23-24,29-59,62-66H2,1-6H3,(H,103,118)(H,104,119)(H,106,129)(H,107,121)(H,108,122)(H,109,124)(H,110,125)(H,111,120)(H3,102,105,128)(H,112,126,127)(H,130,131,132)/t79-,81+,82+,89-,98+,99+,100-,101-/m0/s1. The molecule has 13 amide bonds. The minimum atomic E-state index is -4.15. The number of fused-ring (bicyclic) bond motifs is 11. The number of hydrogen-bond acceptors (Lipinski definition) is 27. The highest BCUT2D eigenvalue weighted by Gasteiger charge is 2.59. The van der Waals surface area contributed by atoms with Gasteiger partial charge in [0.25, 0.3) is 10.1 Å². The number of imide groups is 1. The average molecular weight is 2010 g/mol. The minimum Gasteiger partial charge on any atom is -0.508 e. The number of hydrogen-bond donors (Lipinski definition) is 13. The number of amides is 13. The van der Waals surface area contributed by atoms with E-state index >= 15 is 0 Å². The molecule has 0 spiro atoms. The van der Waals surface area contributed by atoms with Gasteiger partial charge in [-0.1, -0.05) is 126 Å². The molecule has 1 aliphatic heterocycles. The highest BCUT2D eigenvalue weighted by atomic mass is 32.2. The molecule has 4 aliphatic carbocycles. The van der Waals surface area contributed by atoms with Crippen LogP contribution in [0.1, 0.15) is 165 Å². The molecule has 8 atom stereocenters. The molecule has 42 heteroatoms. The molecule has 14 N–H and O–H groups in total. The first-order valence-corrected chi connectivity index (χ1v) is 50.7. The van der Waals surface area contributed by atoms with Gasteiger partial charge in [0.05, 0.1) is 147 Å². The number of aromatic hydroxyl groups is 1. The van der Waals surface area contributed by atoms with Crippen molar-refractivity contribution in [3.05, 3.63) is 143 Å². The van der Waals surface area contributed by atoms with Crippen LogP contribution in [0, 0.1) is 28.6 Å². The second-order valence-corrected chi connectivity index (χ2v) is 39.2. The number of para-hydroxylation sites is 1. The molecule has 143 heavy (non-hydrogen) atoms. The summed E-state index contributed by atoms with van der Waals surface area (Å²) in [5.41, 5.74) is 13.2. The molecule has 41 nitrogen and oxygen atoms in total. The van der Waals surface area contributed by atoms with E-state index < -0.39 is 111 Å². The number of nitrogens with zero attached hydrogens (tertiary/aromatic N) is 4. The maximum Gasteiger partial charge on any atom is 0.407 e. The van der Waals surface area contributed by atoms with Gasteiger partial charge in [0, 0.05) is 67.8 Å². The van der Waals surface area contributed by atoms with Crippen molar-refractivity contribution in [3.8, 4) is 28.3 Å². The molecular formula is C101H139N15O26S. The van der Waals surface area contributed by atoms with Crippen molar-refractivity contribution in [1.29, 1.82) is 0 Å². The summed E-state index contributed by atoms with van der Waals surface area (Å²) in [6, 6.07) is 29.9. The van der Waals surface area contributed by atoms with Gasteiger partial charge in [0.15, 0.2) is 0 Å². The summed E-state index contributed by atoms with van der Waals surface area (Å²) in [5.74, 6) is -5.09. The topological polar surface area (TPSA) is 552 Å². The smallest absolute Gasteiger partial charge is 0.407 e. The van der Waals surface area contributed by atoms with Crippen molar-refractivity contribution in [3.63, 3.8) is 0 Å². The Labute approximate surface area is 833 Å². The first-order valence-electron chi connectivity index (χ1n) is 49.1. The van der Waals surface area contributed by atoms with E-state index in [0.717, 1.165) is 84.9 Å². The fourth-order valence-corrected chi connectivity index (χ4v) is 20.2. The van der Waals surface area contributed by atoms with Gasteiger partial charge in [-0.05, 0) is 169 Å². The number of carbonyl (C=O) groups is 12. The molecular weight excluding hydrogens is 1870 g/mol. The number of benzene rings is 5. The number of aryl methyl sites for hydroxylation is 2. The summed E-state index contributed by atoms with van der Waals surface area (Å²) in [6.07, 6.45) is 6.94. The lowest BCUT2D eigenvalue weighted by molar-refractivity contribution is -0.150. The zero-order chi connectivity index (χ0) is 103. The Balaban J connectivity index is 0.504. The first-order chi connectivity index (χ1) is 68.7. The van der Waals surface area contributed by atoms with Crippen LogP contribution < -0.4 is 63.8 Å². The van der Waals surface area contributed by atoms with Crippen LogP contribution in [0.15, 0.2) is 109 Å². The predicted molar refractivity (Wildman–Crippen MR) is 526 cm³/mol. The van der Waals surface area contributed by atoms with Gasteiger partial charge >= 0.3 is 12.1 Å². The minimum absolute atomic E-state index is 0.00803. The van der Waals surface area contributed by atoms with Crippen molar-refractivity contribution in [1.82, 2.24) is 57.5 Å². The maximum absolute atomic E-state index is 14.8. The number of alkyl carbamates (subject to hydrolysis) is 1. The summed E-state index contributed by atoms with van der Waals surface area (Å²) in [4.78, 5) is 161. The van der Waals surface area contributed by atoms with Crippen LogP contribution in [0.3, 0.4) is 0 Å². The number of phenolic OH excluding ortho intramolecular Hbond substituents is 1. The Hall–Kier alpha value is -12.0. The van der Waals surface area contributed by atoms with Gasteiger partial charge in [-0.25, -0.2) is 14.3 Å². The molecule has 2 heterocycles. The predicted octanol–water partition coefficient (Wildman–Crippen LogP) is 7.01. The number of phenols is 1. The second-order valence-electron chi connectivity index (χ2n) is 37.6. The zero-order valence-corrected chi connectivity index (χ0v) is 83.3. The van der Waals surface area contributed by atoms with Gasteiger partial charge in [-0.2, -0.15) is 8.42 Å². The van der Waals surface area contributed by atoms with Gasteiger partial charge in [-0.15, -0.1) is 5.10 Å². The van der Waals surface area contributed by atoms with E-state index in [1.807, 2.05) is 92.7 Å². The zero-order valence-electron chi connectivity index (χ0n) is 82.4. The van der Waals surface area contributed by atoms with E-state index in [0.29, 0.717) is 86.3 Å². The van der Waals surface area contributed by atoms with Crippen LogP contribution >= 0.6 is 0 Å². The van der Waals surface area contributed by atoms with Gasteiger partial charge in [0.2, 0.25) is 59.1 Å². The number of nitrogens with one attached hydrogen (secondary N) is 10. The molecule has 5 aromatic carbocycles. The number of rotatable bonds is 57. The second kappa shape index (κ2) is 54.6. The number of carbonyl (C=O) groups excluding carboxylic acids is 12. The molecule has 0 bridgehead atoms. The largest absolute Gasteiger partial charge is 0.508 e. The normalized spacial score (nSPS) is 19.1. The highest BCUT2D eigenvalue weighted by Crippen LogP contribution is 2.60. The molecule has 5 aliphatic rings. The monoisotopic (exact) mass is 2010 g/mol. The van der Waals surface area contributed by atoms with E-state index in [-0.39, 0.29) is 197 Å². The Kier molecular flexibility index (Phi) is 42.6. The molecule has 2 saturated carbocycles. The lowest BCUT2D eigenvalue weighted by Crippen LogP contribution is -2.60. The molecule has 2 fully saturated rings. The quantitative estimate of drug-likeness (QED) is 0.00790. The summed E-state index contributed by atoms with van der Waals surface area (Å²) in [7, 11) is -4.15. The van der Waals surface area contributed by atoms with Crippen LogP contribution in [0.5, 0.6) is 5.75 Å². The third kappa shape index (κ3) is 32.5. The van der Waals surface area contributed by atoms with Crippen molar-refractivity contribution >= 4 is 98.4 Å². The summed E-state index contributed by atoms with van der Waals surface area (Å²) in [6.45, 7) is 15.1. The number of aromatic nitrogens is 3. The molecule has 0 unspecified atom stereocenters. The van der Waals surface area contributed by atoms with Gasteiger partial charge in [-0.3, -0.25) is 57.8 Å². The Morgan fingerprint density at radius 1 is 0.524 bits per heavy atom. The highest BCUT2D eigenvalue weighted by molar-refractivity contribution is 7.85. The first kappa shape index (κ1) is 111. The lowest BCUT2D eigenvalue weighted by Gasteiger charge is -2.56. The van der Waals surface area contributed by atoms with Crippen LogP contribution in [0.2, 0.25) is 0 Å². The number of anilines is 3.